The van der Waals surface area contributed by atoms with Crippen molar-refractivity contribution in [3.63, 3.8) is 0 Å². The van der Waals surface area contributed by atoms with Crippen molar-refractivity contribution in [2.24, 2.45) is 11.8 Å². The number of aliphatic hydroxyl groups excluding tert-OH is 1. The van der Waals surface area contributed by atoms with E-state index in [1.807, 2.05) is 38.1 Å². The maximum atomic E-state index is 13.9. The van der Waals surface area contributed by atoms with Crippen molar-refractivity contribution in [2.45, 2.75) is 62.5 Å². The number of carbonyl (C=O) groups excluding carboxylic acids is 1. The maximum Gasteiger partial charge on any atom is 0.407 e. The van der Waals surface area contributed by atoms with Crippen LogP contribution in [0.2, 0.25) is 0 Å². The standard InChI is InChI=1S/C31H41IN2O10S/c1-20(2)16-34(45(37,38)23-8-9-27-28(15-23)43-19-42-27)17-26(35)25(14-21-4-6-22(7-5-21)39-12-3-11-32)33-31(36)44-29-18-41-30-24(29)10-13-40-30/h4-9,15,20,24-26,29-30,35H,3,10-14,16-19H2,1-2H3,(H,33,36)/t24-,25-,26+,29+,30+/m0/s1. The molecular weight excluding hydrogens is 719 g/mol. The smallest absolute Gasteiger partial charge is 0.407 e. The topological polar surface area (TPSA) is 142 Å². The molecule has 3 aliphatic heterocycles. The number of aliphatic hydroxyl groups is 1. The minimum Gasteiger partial charge on any atom is -0.494 e. The molecule has 5 rings (SSSR count). The van der Waals surface area contributed by atoms with Gasteiger partial charge in [-0.15, -0.1) is 0 Å². The number of halogens is 1. The van der Waals surface area contributed by atoms with E-state index in [9.17, 15) is 18.3 Å². The van der Waals surface area contributed by atoms with Crippen LogP contribution in [0.4, 0.5) is 4.79 Å². The number of nitrogens with one attached hydrogen (secondary N) is 1. The fourth-order valence-corrected chi connectivity index (χ4v) is 7.52. The van der Waals surface area contributed by atoms with E-state index in [2.05, 4.69) is 27.9 Å². The number of amides is 1. The van der Waals surface area contributed by atoms with E-state index >= 15 is 0 Å². The lowest BCUT2D eigenvalue weighted by Crippen LogP contribution is -2.51. The molecule has 45 heavy (non-hydrogen) atoms. The Bertz CT molecular complexity index is 1390. The van der Waals surface area contributed by atoms with E-state index in [-0.39, 0.29) is 55.9 Å². The quantitative estimate of drug-likeness (QED) is 0.157. The van der Waals surface area contributed by atoms with Crippen LogP contribution in [0.1, 0.15) is 32.3 Å². The van der Waals surface area contributed by atoms with Crippen molar-refractivity contribution in [1.82, 2.24) is 9.62 Å². The Labute approximate surface area is 277 Å². The Morgan fingerprint density at radius 3 is 2.64 bits per heavy atom. The minimum atomic E-state index is -4.05. The Kier molecular flexibility index (Phi) is 11.7. The number of alkyl halides is 1. The van der Waals surface area contributed by atoms with Crippen LogP contribution in [0.5, 0.6) is 17.2 Å². The summed E-state index contributed by atoms with van der Waals surface area (Å²) in [6.45, 7) is 5.08. The lowest BCUT2D eigenvalue weighted by Gasteiger charge is -2.31. The summed E-state index contributed by atoms with van der Waals surface area (Å²) in [5.74, 6) is 1.45. The average Bonchev–Trinajstić information content (AvgIpc) is 3.76. The molecular formula is C31H41IN2O10S. The number of carbonyl (C=O) groups is 1. The number of sulfonamides is 1. The number of fused-ring (bicyclic) bond motifs is 2. The molecule has 0 unspecified atom stereocenters. The van der Waals surface area contributed by atoms with Crippen molar-refractivity contribution in [3.8, 4) is 17.2 Å². The van der Waals surface area contributed by atoms with E-state index in [0.717, 1.165) is 28.6 Å². The van der Waals surface area contributed by atoms with Gasteiger partial charge < -0.3 is 38.8 Å². The fourth-order valence-electron chi connectivity index (χ4n) is 5.57. The first-order valence-electron chi connectivity index (χ1n) is 15.2. The average molecular weight is 761 g/mol. The summed E-state index contributed by atoms with van der Waals surface area (Å²) in [6.07, 6.45) is -0.964. The highest BCUT2D eigenvalue weighted by atomic mass is 127. The van der Waals surface area contributed by atoms with E-state index in [1.165, 1.54) is 16.4 Å². The second-order valence-corrected chi connectivity index (χ2v) is 14.8. The number of rotatable bonds is 15. The summed E-state index contributed by atoms with van der Waals surface area (Å²) in [7, 11) is -4.05. The number of benzene rings is 2. The van der Waals surface area contributed by atoms with Gasteiger partial charge in [0.15, 0.2) is 17.8 Å². The highest BCUT2D eigenvalue weighted by molar-refractivity contribution is 14.1. The van der Waals surface area contributed by atoms with Crippen LogP contribution in [-0.4, -0.2) is 92.6 Å². The van der Waals surface area contributed by atoms with Gasteiger partial charge in [0, 0.05) is 23.6 Å². The molecule has 1 amide bonds. The van der Waals surface area contributed by atoms with E-state index in [0.29, 0.717) is 24.7 Å². The third kappa shape index (κ3) is 8.71. The Balaban J connectivity index is 1.33. The molecule has 2 aromatic rings. The lowest BCUT2D eigenvalue weighted by molar-refractivity contribution is -0.0907. The van der Waals surface area contributed by atoms with Crippen LogP contribution < -0.4 is 19.5 Å². The second-order valence-electron chi connectivity index (χ2n) is 11.8. The molecule has 2 saturated heterocycles. The van der Waals surface area contributed by atoms with Crippen LogP contribution in [0.3, 0.4) is 0 Å². The van der Waals surface area contributed by atoms with Gasteiger partial charge in [-0.2, -0.15) is 4.31 Å². The predicted octanol–water partition coefficient (Wildman–Crippen LogP) is 3.73. The van der Waals surface area contributed by atoms with Crippen LogP contribution in [0.15, 0.2) is 47.4 Å². The van der Waals surface area contributed by atoms with Gasteiger partial charge in [0.1, 0.15) is 11.9 Å². The zero-order valence-corrected chi connectivity index (χ0v) is 28.4. The van der Waals surface area contributed by atoms with Gasteiger partial charge in [-0.25, -0.2) is 13.2 Å². The molecule has 0 aromatic heterocycles. The Morgan fingerprint density at radius 2 is 1.89 bits per heavy atom. The van der Waals surface area contributed by atoms with Crippen LogP contribution >= 0.6 is 22.6 Å². The van der Waals surface area contributed by atoms with Gasteiger partial charge in [0.25, 0.3) is 0 Å². The fraction of sp³-hybridized carbons (Fsp3) is 0.581. The molecule has 0 spiro atoms. The molecule has 0 aliphatic carbocycles. The highest BCUT2D eigenvalue weighted by Crippen LogP contribution is 2.35. The Morgan fingerprint density at radius 1 is 1.11 bits per heavy atom. The minimum absolute atomic E-state index is 0.0175. The molecule has 14 heteroatoms. The number of ether oxygens (including phenoxy) is 6. The van der Waals surface area contributed by atoms with Crippen LogP contribution in [0.25, 0.3) is 0 Å². The van der Waals surface area contributed by atoms with E-state index < -0.39 is 34.4 Å². The van der Waals surface area contributed by atoms with Gasteiger partial charge >= 0.3 is 6.09 Å². The van der Waals surface area contributed by atoms with E-state index in [4.69, 9.17) is 28.4 Å². The van der Waals surface area contributed by atoms with Gasteiger partial charge in [-0.3, -0.25) is 0 Å². The Hall–Kier alpha value is -2.37. The summed E-state index contributed by atoms with van der Waals surface area (Å²) in [5.41, 5.74) is 0.822. The lowest BCUT2D eigenvalue weighted by atomic mass is 10.0. The second kappa shape index (κ2) is 15.5. The van der Waals surface area contributed by atoms with Crippen molar-refractivity contribution in [2.75, 3.05) is 44.1 Å². The number of alkyl carbamates (subject to hydrolysis) is 1. The number of hydrogen-bond acceptors (Lipinski definition) is 10. The molecule has 5 atom stereocenters. The van der Waals surface area contributed by atoms with Crippen molar-refractivity contribution in [3.05, 3.63) is 48.0 Å². The predicted molar refractivity (Wildman–Crippen MR) is 172 cm³/mol. The zero-order valence-electron chi connectivity index (χ0n) is 25.4. The summed E-state index contributed by atoms with van der Waals surface area (Å²) in [4.78, 5) is 13.2. The third-order valence-electron chi connectivity index (χ3n) is 7.88. The molecule has 248 valence electrons. The van der Waals surface area contributed by atoms with Crippen molar-refractivity contribution < 1.29 is 46.7 Å². The first-order chi connectivity index (χ1) is 21.6. The van der Waals surface area contributed by atoms with Gasteiger partial charge in [-0.05, 0) is 55.0 Å². The summed E-state index contributed by atoms with van der Waals surface area (Å²) in [5, 5.41) is 14.4. The molecule has 3 heterocycles. The molecule has 2 aromatic carbocycles. The van der Waals surface area contributed by atoms with Crippen LogP contribution in [0, 0.1) is 11.8 Å². The molecule has 0 saturated carbocycles. The van der Waals surface area contributed by atoms with Gasteiger partial charge in [0.2, 0.25) is 16.8 Å². The van der Waals surface area contributed by atoms with Crippen molar-refractivity contribution >= 4 is 38.7 Å². The van der Waals surface area contributed by atoms with Gasteiger partial charge in [0.05, 0.1) is 42.8 Å². The van der Waals surface area contributed by atoms with Crippen LogP contribution in [-0.2, 0) is 30.7 Å². The molecule has 0 radical (unpaired) electrons. The number of nitrogens with zero attached hydrogens (tertiary/aromatic N) is 1. The normalized spacial score (nSPS) is 22.0. The zero-order chi connectivity index (χ0) is 32.0. The summed E-state index contributed by atoms with van der Waals surface area (Å²) >= 11 is 2.30. The molecule has 0 bridgehead atoms. The monoisotopic (exact) mass is 760 g/mol. The summed E-state index contributed by atoms with van der Waals surface area (Å²) < 4.78 is 63.3. The SMILES string of the molecule is CC(C)CN(C[C@@H](O)[C@H](Cc1ccc(OCCCI)cc1)NC(=O)O[C@@H]1CO[C@H]2OCC[C@H]21)S(=O)(=O)c1ccc2c(c1)OCO2. The van der Waals surface area contributed by atoms with Crippen molar-refractivity contribution in [1.29, 1.82) is 0 Å². The molecule has 12 nitrogen and oxygen atoms in total. The molecule has 2 fully saturated rings. The molecule has 2 N–H and O–H groups in total. The van der Waals surface area contributed by atoms with Gasteiger partial charge in [-0.1, -0.05) is 48.6 Å². The first-order valence-corrected chi connectivity index (χ1v) is 18.2. The largest absolute Gasteiger partial charge is 0.494 e. The molecule has 3 aliphatic rings. The third-order valence-corrected chi connectivity index (χ3v) is 10.5. The highest BCUT2D eigenvalue weighted by Gasteiger charge is 2.44. The number of hydrogen-bond donors (Lipinski definition) is 2. The van der Waals surface area contributed by atoms with E-state index in [1.54, 1.807) is 6.07 Å². The summed E-state index contributed by atoms with van der Waals surface area (Å²) in [6, 6.07) is 11.0. The maximum absolute atomic E-state index is 13.9. The first kappa shape index (κ1) is 34.0.